The van der Waals surface area contributed by atoms with Gasteiger partial charge in [0.2, 0.25) is 11.8 Å². The van der Waals surface area contributed by atoms with E-state index in [1.807, 2.05) is 19.0 Å². The van der Waals surface area contributed by atoms with Crippen LogP contribution in [0, 0.1) is 11.8 Å². The molecular formula is C16H26F3N3O2. The molecule has 2 fully saturated rings. The lowest BCUT2D eigenvalue weighted by atomic mass is 9.83. The van der Waals surface area contributed by atoms with Gasteiger partial charge in [-0.1, -0.05) is 12.8 Å². The first kappa shape index (κ1) is 19.0. The molecule has 1 heterocycles. The standard InChI is InChI=1S/C16H26F3N3O2/c1-21(2)7-8-22-10-11(9-14(22)23)15(24)20-13-6-4-3-5-12(13)16(17,18)19/h11-13H,3-10H2,1-2H3,(H,20,24)/t11-,12-,13+/m1/s1. The molecule has 0 aromatic carbocycles. The highest BCUT2D eigenvalue weighted by atomic mass is 19.4. The molecule has 0 aromatic heterocycles. The molecule has 2 amide bonds. The van der Waals surface area contributed by atoms with E-state index in [4.69, 9.17) is 0 Å². The topological polar surface area (TPSA) is 52.6 Å². The van der Waals surface area contributed by atoms with Crippen LogP contribution >= 0.6 is 0 Å². The van der Waals surface area contributed by atoms with Crippen LogP contribution in [0.4, 0.5) is 13.2 Å². The molecule has 1 saturated carbocycles. The molecular weight excluding hydrogens is 323 g/mol. The molecule has 0 aromatic rings. The molecule has 3 atom stereocenters. The number of alkyl halides is 3. The summed E-state index contributed by atoms with van der Waals surface area (Å²) in [7, 11) is 3.79. The van der Waals surface area contributed by atoms with Gasteiger partial charge in [0.05, 0.1) is 11.8 Å². The number of carbonyl (C=O) groups is 2. The van der Waals surface area contributed by atoms with Crippen LogP contribution in [0.15, 0.2) is 0 Å². The van der Waals surface area contributed by atoms with Gasteiger partial charge in [-0.3, -0.25) is 9.59 Å². The summed E-state index contributed by atoms with van der Waals surface area (Å²) >= 11 is 0. The fourth-order valence-corrected chi connectivity index (χ4v) is 3.48. The number of halogens is 3. The number of nitrogens with zero attached hydrogens (tertiary/aromatic N) is 2. The van der Waals surface area contributed by atoms with Gasteiger partial charge >= 0.3 is 6.18 Å². The predicted molar refractivity (Wildman–Crippen MR) is 83.2 cm³/mol. The van der Waals surface area contributed by atoms with Gasteiger partial charge in [-0.05, 0) is 26.9 Å². The van der Waals surface area contributed by atoms with Gasteiger partial charge in [0.25, 0.3) is 0 Å². The summed E-state index contributed by atoms with van der Waals surface area (Å²) < 4.78 is 39.3. The highest BCUT2D eigenvalue weighted by Gasteiger charge is 2.46. The second kappa shape index (κ2) is 7.72. The summed E-state index contributed by atoms with van der Waals surface area (Å²) in [5, 5.41) is 2.58. The Bertz CT molecular complexity index is 468. The van der Waals surface area contributed by atoms with E-state index >= 15 is 0 Å². The number of amides is 2. The van der Waals surface area contributed by atoms with Gasteiger partial charge in [-0.2, -0.15) is 13.2 Å². The van der Waals surface area contributed by atoms with Crippen LogP contribution in [0.1, 0.15) is 32.1 Å². The highest BCUT2D eigenvalue weighted by Crippen LogP contribution is 2.38. The van der Waals surface area contributed by atoms with Crippen LogP contribution in [-0.4, -0.2) is 67.6 Å². The Hall–Kier alpha value is -1.31. The van der Waals surface area contributed by atoms with Crippen molar-refractivity contribution < 1.29 is 22.8 Å². The summed E-state index contributed by atoms with van der Waals surface area (Å²) in [5.41, 5.74) is 0. The number of likely N-dealkylation sites (tertiary alicyclic amines) is 1. The molecule has 2 aliphatic rings. The number of carbonyl (C=O) groups excluding carboxylic acids is 2. The zero-order valence-electron chi connectivity index (χ0n) is 14.2. The van der Waals surface area contributed by atoms with Gasteiger partial charge in [-0.15, -0.1) is 0 Å². The van der Waals surface area contributed by atoms with Gasteiger partial charge < -0.3 is 15.1 Å². The minimum Gasteiger partial charge on any atom is -0.352 e. The van der Waals surface area contributed by atoms with Crippen molar-refractivity contribution >= 4 is 11.8 Å². The Kier molecular flexibility index (Phi) is 6.11. The van der Waals surface area contributed by atoms with E-state index in [1.54, 1.807) is 4.90 Å². The van der Waals surface area contributed by atoms with E-state index in [9.17, 15) is 22.8 Å². The zero-order valence-corrected chi connectivity index (χ0v) is 14.2. The summed E-state index contributed by atoms with van der Waals surface area (Å²) in [6, 6.07) is -0.864. The Morgan fingerprint density at radius 2 is 1.96 bits per heavy atom. The first-order valence-electron chi connectivity index (χ1n) is 8.48. The van der Waals surface area contributed by atoms with Crippen molar-refractivity contribution in [2.75, 3.05) is 33.7 Å². The fraction of sp³-hybridized carbons (Fsp3) is 0.875. The number of hydrogen-bond acceptors (Lipinski definition) is 3. The number of rotatable bonds is 5. The predicted octanol–water partition coefficient (Wildman–Crippen LogP) is 1.63. The van der Waals surface area contributed by atoms with Crippen molar-refractivity contribution in [3.63, 3.8) is 0 Å². The molecule has 0 bridgehead atoms. The molecule has 24 heavy (non-hydrogen) atoms. The quantitative estimate of drug-likeness (QED) is 0.821. The van der Waals surface area contributed by atoms with Crippen LogP contribution in [-0.2, 0) is 9.59 Å². The normalized spacial score (nSPS) is 28.5. The van der Waals surface area contributed by atoms with Crippen LogP contribution in [0.25, 0.3) is 0 Å². The molecule has 1 aliphatic heterocycles. The minimum atomic E-state index is -4.29. The van der Waals surface area contributed by atoms with Crippen molar-refractivity contribution in [2.24, 2.45) is 11.8 Å². The maximum Gasteiger partial charge on any atom is 0.393 e. The number of hydrogen-bond donors (Lipinski definition) is 1. The molecule has 0 unspecified atom stereocenters. The third-order valence-corrected chi connectivity index (χ3v) is 4.92. The summed E-state index contributed by atoms with van der Waals surface area (Å²) in [6.07, 6.45) is -2.56. The molecule has 1 aliphatic carbocycles. The van der Waals surface area contributed by atoms with Crippen molar-refractivity contribution in [3.8, 4) is 0 Å². The maximum absolute atomic E-state index is 13.1. The Morgan fingerprint density at radius 1 is 1.29 bits per heavy atom. The van der Waals surface area contributed by atoms with Gasteiger partial charge in [0.15, 0.2) is 0 Å². The number of likely N-dealkylation sites (N-methyl/N-ethyl adjacent to an activating group) is 1. The summed E-state index contributed by atoms with van der Waals surface area (Å²) in [4.78, 5) is 27.9. The lowest BCUT2D eigenvalue weighted by molar-refractivity contribution is -0.189. The molecule has 138 valence electrons. The molecule has 0 radical (unpaired) electrons. The van der Waals surface area contributed by atoms with E-state index in [2.05, 4.69) is 5.32 Å². The van der Waals surface area contributed by atoms with Crippen LogP contribution in [0.3, 0.4) is 0 Å². The van der Waals surface area contributed by atoms with Crippen molar-refractivity contribution in [3.05, 3.63) is 0 Å². The van der Waals surface area contributed by atoms with E-state index in [1.165, 1.54) is 0 Å². The first-order valence-corrected chi connectivity index (χ1v) is 8.48. The molecule has 1 N–H and O–H groups in total. The number of nitrogens with one attached hydrogen (secondary N) is 1. The summed E-state index contributed by atoms with van der Waals surface area (Å²) in [6.45, 7) is 1.52. The lowest BCUT2D eigenvalue weighted by Gasteiger charge is -2.34. The Labute approximate surface area is 140 Å². The molecule has 1 saturated heterocycles. The van der Waals surface area contributed by atoms with Crippen LogP contribution in [0.5, 0.6) is 0 Å². The van der Waals surface area contributed by atoms with Gasteiger partial charge in [0.1, 0.15) is 0 Å². The van der Waals surface area contributed by atoms with E-state index in [0.717, 1.165) is 0 Å². The van der Waals surface area contributed by atoms with E-state index < -0.39 is 30.0 Å². The van der Waals surface area contributed by atoms with E-state index in [-0.39, 0.29) is 18.7 Å². The van der Waals surface area contributed by atoms with Crippen molar-refractivity contribution in [1.82, 2.24) is 15.1 Å². The molecule has 0 spiro atoms. The van der Waals surface area contributed by atoms with Gasteiger partial charge in [-0.25, -0.2) is 0 Å². The second-order valence-electron chi connectivity index (χ2n) is 7.09. The third kappa shape index (κ3) is 4.84. The van der Waals surface area contributed by atoms with E-state index in [0.29, 0.717) is 38.9 Å². The largest absolute Gasteiger partial charge is 0.393 e. The minimum absolute atomic E-state index is 0.0625. The molecule has 2 rings (SSSR count). The monoisotopic (exact) mass is 349 g/mol. The highest BCUT2D eigenvalue weighted by molar-refractivity contribution is 5.89. The Balaban J connectivity index is 1.91. The van der Waals surface area contributed by atoms with Crippen molar-refractivity contribution in [2.45, 2.75) is 44.3 Å². The second-order valence-corrected chi connectivity index (χ2v) is 7.09. The molecule has 5 nitrogen and oxygen atoms in total. The average molecular weight is 349 g/mol. The van der Waals surface area contributed by atoms with Crippen LogP contribution in [0.2, 0.25) is 0 Å². The molecule has 8 heteroatoms. The lowest BCUT2D eigenvalue weighted by Crippen LogP contribution is -2.49. The third-order valence-electron chi connectivity index (χ3n) is 4.92. The first-order chi connectivity index (χ1) is 11.2. The summed E-state index contributed by atoms with van der Waals surface area (Å²) in [5.74, 6) is -2.54. The smallest absolute Gasteiger partial charge is 0.352 e. The van der Waals surface area contributed by atoms with Gasteiger partial charge in [0, 0.05) is 32.1 Å². The fourth-order valence-electron chi connectivity index (χ4n) is 3.48. The van der Waals surface area contributed by atoms with Crippen LogP contribution < -0.4 is 5.32 Å². The average Bonchev–Trinajstić information content (AvgIpc) is 2.86. The zero-order chi connectivity index (χ0) is 17.9. The Morgan fingerprint density at radius 3 is 2.58 bits per heavy atom. The maximum atomic E-state index is 13.1. The SMILES string of the molecule is CN(C)CCN1C[C@H](C(=O)N[C@H]2CCCC[C@H]2C(F)(F)F)CC1=O. The van der Waals surface area contributed by atoms with Crippen molar-refractivity contribution in [1.29, 1.82) is 0 Å².